The van der Waals surface area contributed by atoms with E-state index in [0.717, 1.165) is 11.6 Å². The fraction of sp³-hybridized carbons (Fsp3) is 0.188. The molecule has 0 aliphatic carbocycles. The number of hydrogen-bond donors (Lipinski definition) is 2. The summed E-state index contributed by atoms with van der Waals surface area (Å²) in [6.45, 7) is 0. The highest BCUT2D eigenvalue weighted by Gasteiger charge is 2.33. The molecule has 0 fully saturated rings. The fourth-order valence-electron chi connectivity index (χ4n) is 2.06. The molecule has 3 nitrogen and oxygen atoms in total. The van der Waals surface area contributed by atoms with Crippen molar-refractivity contribution in [2.45, 2.75) is 19.0 Å². The molecule has 0 aromatic heterocycles. The van der Waals surface area contributed by atoms with E-state index in [1.807, 2.05) is 6.07 Å². The Morgan fingerprint density at radius 3 is 2.50 bits per heavy atom. The molecule has 116 valence electrons. The summed E-state index contributed by atoms with van der Waals surface area (Å²) in [5, 5.41) is 2.31. The summed E-state index contributed by atoms with van der Waals surface area (Å²) in [6.07, 6.45) is -4.02. The minimum absolute atomic E-state index is 0.0790. The molecule has 1 amide bonds. The molecule has 0 unspecified atom stereocenters. The lowest BCUT2D eigenvalue weighted by molar-refractivity contribution is -0.137. The lowest BCUT2D eigenvalue weighted by atomic mass is 10.1. The van der Waals surface area contributed by atoms with Crippen LogP contribution in [0.15, 0.2) is 48.5 Å². The number of nitrogen functional groups attached to an aromatic ring is 1. The van der Waals surface area contributed by atoms with Crippen molar-refractivity contribution in [1.82, 2.24) is 0 Å². The fourth-order valence-corrected chi connectivity index (χ4v) is 2.06. The van der Waals surface area contributed by atoms with E-state index < -0.39 is 17.6 Å². The number of halogens is 3. The molecule has 3 N–H and O–H groups in total. The van der Waals surface area contributed by atoms with Gasteiger partial charge in [-0.1, -0.05) is 24.3 Å². The molecule has 2 aromatic carbocycles. The lowest BCUT2D eigenvalue weighted by Crippen LogP contribution is -2.16. The maximum Gasteiger partial charge on any atom is 0.418 e. The van der Waals surface area contributed by atoms with Gasteiger partial charge in [0.15, 0.2) is 0 Å². The van der Waals surface area contributed by atoms with E-state index in [4.69, 9.17) is 5.73 Å². The molecule has 2 aromatic rings. The third-order valence-electron chi connectivity index (χ3n) is 3.10. The van der Waals surface area contributed by atoms with E-state index in [0.29, 0.717) is 12.1 Å². The number of hydrogen-bond acceptors (Lipinski definition) is 2. The van der Waals surface area contributed by atoms with Gasteiger partial charge in [-0.25, -0.2) is 0 Å². The predicted octanol–water partition coefficient (Wildman–Crippen LogP) is 3.86. The van der Waals surface area contributed by atoms with Gasteiger partial charge >= 0.3 is 6.18 Å². The number of amides is 1. The van der Waals surface area contributed by atoms with Crippen molar-refractivity contribution in [3.63, 3.8) is 0 Å². The number of para-hydroxylation sites is 1. The van der Waals surface area contributed by atoms with E-state index in [1.165, 1.54) is 18.2 Å². The Labute approximate surface area is 125 Å². The zero-order chi connectivity index (χ0) is 16.2. The smallest absolute Gasteiger partial charge is 0.399 e. The van der Waals surface area contributed by atoms with Crippen LogP contribution in [0.25, 0.3) is 0 Å². The molecule has 0 aliphatic rings. The van der Waals surface area contributed by atoms with Gasteiger partial charge < -0.3 is 11.1 Å². The van der Waals surface area contributed by atoms with Gasteiger partial charge in [0.05, 0.1) is 11.3 Å². The average Bonchev–Trinajstić information content (AvgIpc) is 2.45. The predicted molar refractivity (Wildman–Crippen MR) is 79.2 cm³/mol. The topological polar surface area (TPSA) is 55.1 Å². The van der Waals surface area contributed by atoms with Crippen LogP contribution >= 0.6 is 0 Å². The third-order valence-corrected chi connectivity index (χ3v) is 3.10. The Morgan fingerprint density at radius 2 is 1.82 bits per heavy atom. The van der Waals surface area contributed by atoms with Crippen molar-refractivity contribution in [1.29, 1.82) is 0 Å². The van der Waals surface area contributed by atoms with Crippen molar-refractivity contribution in [3.05, 3.63) is 59.7 Å². The molecule has 0 spiro atoms. The zero-order valence-electron chi connectivity index (χ0n) is 11.7. The van der Waals surface area contributed by atoms with Crippen LogP contribution < -0.4 is 11.1 Å². The van der Waals surface area contributed by atoms with Crippen LogP contribution in [0.5, 0.6) is 0 Å². The van der Waals surface area contributed by atoms with E-state index in [1.54, 1.807) is 18.2 Å². The van der Waals surface area contributed by atoms with E-state index in [9.17, 15) is 18.0 Å². The van der Waals surface area contributed by atoms with Gasteiger partial charge in [-0.05, 0) is 36.2 Å². The normalized spacial score (nSPS) is 11.2. The van der Waals surface area contributed by atoms with Crippen molar-refractivity contribution >= 4 is 17.3 Å². The number of anilines is 2. The Hall–Kier alpha value is -2.50. The summed E-state index contributed by atoms with van der Waals surface area (Å²) in [5.41, 5.74) is 5.99. The van der Waals surface area contributed by atoms with Crippen LogP contribution in [0.4, 0.5) is 24.5 Å². The quantitative estimate of drug-likeness (QED) is 0.843. The van der Waals surface area contributed by atoms with Gasteiger partial charge in [0.2, 0.25) is 5.91 Å². The molecule has 0 saturated carbocycles. The number of alkyl halides is 3. The Kier molecular flexibility index (Phi) is 4.70. The van der Waals surface area contributed by atoms with Gasteiger partial charge in [-0.2, -0.15) is 13.2 Å². The molecule has 0 heterocycles. The number of rotatable bonds is 4. The first-order valence-corrected chi connectivity index (χ1v) is 6.67. The first-order valence-electron chi connectivity index (χ1n) is 6.67. The van der Waals surface area contributed by atoms with Crippen LogP contribution in [-0.2, 0) is 17.4 Å². The summed E-state index contributed by atoms with van der Waals surface area (Å²) in [5.74, 6) is -0.473. The molecule has 0 bridgehead atoms. The first-order chi connectivity index (χ1) is 10.4. The zero-order valence-corrected chi connectivity index (χ0v) is 11.7. The maximum atomic E-state index is 12.8. The summed E-state index contributed by atoms with van der Waals surface area (Å²) in [7, 11) is 0. The molecule has 22 heavy (non-hydrogen) atoms. The molecule has 0 aliphatic heterocycles. The number of benzene rings is 2. The monoisotopic (exact) mass is 308 g/mol. The van der Waals surface area contributed by atoms with Gasteiger partial charge in [-0.3, -0.25) is 4.79 Å². The Balaban J connectivity index is 2.01. The van der Waals surface area contributed by atoms with Crippen LogP contribution in [0.2, 0.25) is 0 Å². The summed E-state index contributed by atoms with van der Waals surface area (Å²) < 4.78 is 38.5. The SMILES string of the molecule is Nc1cccc(CCC(=O)Nc2ccccc2C(F)(F)F)c1. The number of carbonyl (C=O) groups excluding carboxylic acids is 1. The maximum absolute atomic E-state index is 12.8. The van der Waals surface area contributed by atoms with Crippen molar-refractivity contribution < 1.29 is 18.0 Å². The summed E-state index contributed by atoms with van der Waals surface area (Å²) in [4.78, 5) is 11.8. The van der Waals surface area contributed by atoms with Crippen LogP contribution in [0, 0.1) is 0 Å². The van der Waals surface area contributed by atoms with E-state index >= 15 is 0 Å². The van der Waals surface area contributed by atoms with Gasteiger partial charge in [0.25, 0.3) is 0 Å². The molecule has 0 atom stereocenters. The molecular formula is C16H15F3N2O. The second-order valence-corrected chi connectivity index (χ2v) is 4.84. The Bertz CT molecular complexity index is 668. The molecular weight excluding hydrogens is 293 g/mol. The molecule has 0 saturated heterocycles. The van der Waals surface area contributed by atoms with Gasteiger partial charge in [0, 0.05) is 12.1 Å². The van der Waals surface area contributed by atoms with E-state index in [2.05, 4.69) is 5.32 Å². The molecule has 0 radical (unpaired) electrons. The van der Waals surface area contributed by atoms with Gasteiger partial charge in [0.1, 0.15) is 0 Å². The minimum Gasteiger partial charge on any atom is -0.399 e. The number of carbonyl (C=O) groups is 1. The largest absolute Gasteiger partial charge is 0.418 e. The second-order valence-electron chi connectivity index (χ2n) is 4.84. The highest BCUT2D eigenvalue weighted by atomic mass is 19.4. The summed E-state index contributed by atoms with van der Waals surface area (Å²) in [6, 6.07) is 11.9. The standard InChI is InChI=1S/C16H15F3N2O/c17-16(18,19)13-6-1-2-7-14(13)21-15(22)9-8-11-4-3-5-12(20)10-11/h1-7,10H,8-9,20H2,(H,21,22). The first kappa shape index (κ1) is 15.9. The highest BCUT2D eigenvalue weighted by Crippen LogP contribution is 2.34. The van der Waals surface area contributed by atoms with Crippen LogP contribution in [0.3, 0.4) is 0 Å². The Morgan fingerprint density at radius 1 is 1.09 bits per heavy atom. The number of aryl methyl sites for hydroxylation is 1. The van der Waals surface area contributed by atoms with Crippen molar-refractivity contribution in [2.75, 3.05) is 11.1 Å². The average molecular weight is 308 g/mol. The van der Waals surface area contributed by atoms with Crippen LogP contribution in [-0.4, -0.2) is 5.91 Å². The molecule has 6 heteroatoms. The lowest BCUT2D eigenvalue weighted by Gasteiger charge is -2.13. The summed E-state index contributed by atoms with van der Waals surface area (Å²) >= 11 is 0. The van der Waals surface area contributed by atoms with Gasteiger partial charge in [-0.15, -0.1) is 0 Å². The highest BCUT2D eigenvalue weighted by molar-refractivity contribution is 5.91. The second kappa shape index (κ2) is 6.51. The minimum atomic E-state index is -4.50. The van der Waals surface area contributed by atoms with Crippen molar-refractivity contribution in [2.24, 2.45) is 0 Å². The molecule has 2 rings (SSSR count). The van der Waals surface area contributed by atoms with Crippen LogP contribution in [0.1, 0.15) is 17.5 Å². The van der Waals surface area contributed by atoms with Crippen molar-refractivity contribution in [3.8, 4) is 0 Å². The number of nitrogens with two attached hydrogens (primary N) is 1. The number of nitrogens with one attached hydrogen (secondary N) is 1. The van der Waals surface area contributed by atoms with E-state index in [-0.39, 0.29) is 12.1 Å². The third kappa shape index (κ3) is 4.25.